The highest BCUT2D eigenvalue weighted by Gasteiger charge is 2.34. The van der Waals surface area contributed by atoms with E-state index in [9.17, 15) is 4.79 Å². The van der Waals surface area contributed by atoms with Crippen LogP contribution in [0.2, 0.25) is 0 Å². The van der Waals surface area contributed by atoms with Gasteiger partial charge in [0, 0.05) is 12.8 Å². The smallest absolute Gasteiger partial charge is 0.137 e. The Labute approximate surface area is 246 Å². The van der Waals surface area contributed by atoms with Crippen molar-refractivity contribution in [1.82, 2.24) is 0 Å². The van der Waals surface area contributed by atoms with Crippen molar-refractivity contribution >= 4 is 5.78 Å². The summed E-state index contributed by atoms with van der Waals surface area (Å²) in [6.45, 7) is 11.6. The lowest BCUT2D eigenvalue weighted by Crippen LogP contribution is -2.23. The number of allylic oxidation sites excluding steroid dienone is 2. The number of carbonyl (C=O) groups is 1. The zero-order chi connectivity index (χ0) is 28.5. The minimum Gasteiger partial charge on any atom is -0.299 e. The van der Waals surface area contributed by atoms with E-state index in [1.807, 2.05) is 0 Å². The first-order chi connectivity index (χ1) is 19.4. The average Bonchev–Trinajstić information content (AvgIpc) is 3.46. The van der Waals surface area contributed by atoms with Crippen LogP contribution in [-0.4, -0.2) is 5.78 Å². The number of rotatable bonds is 10. The summed E-state index contributed by atoms with van der Waals surface area (Å²) in [7, 11) is 0. The summed E-state index contributed by atoms with van der Waals surface area (Å²) in [5.74, 6) is 3.24. The lowest BCUT2D eigenvalue weighted by molar-refractivity contribution is -0.118. The molecule has 2 aliphatic rings. The largest absolute Gasteiger partial charge is 0.299 e. The number of benzene rings is 2. The standard InChI is InChI=1S/C39H56O/c1-6-13-31(14-7-2)16-12-17-32-21-22-34(29(4)25-32)26-35-23-24-36-27-37(40)20-11-8-15-28(3)38(39(36)30(35)5)33-18-9-10-19-33/h6,13,21-25,28,31,33,38H,7-12,14-20,26-27H2,1-5H3/t28-,31?,38?/m0/s1. The van der Waals surface area contributed by atoms with Crippen molar-refractivity contribution in [3.8, 4) is 0 Å². The van der Waals surface area contributed by atoms with Crippen LogP contribution in [0.15, 0.2) is 42.5 Å². The maximum atomic E-state index is 12.9. The summed E-state index contributed by atoms with van der Waals surface area (Å²) in [5.41, 5.74) is 10.2. The fourth-order valence-corrected chi connectivity index (χ4v) is 8.07. The summed E-state index contributed by atoms with van der Waals surface area (Å²) in [6.07, 6.45) is 22.3. The van der Waals surface area contributed by atoms with Gasteiger partial charge >= 0.3 is 0 Å². The van der Waals surface area contributed by atoms with Crippen LogP contribution in [0.1, 0.15) is 143 Å². The van der Waals surface area contributed by atoms with E-state index < -0.39 is 0 Å². The second kappa shape index (κ2) is 15.2. The molecule has 1 heteroatoms. The first-order valence-electron chi connectivity index (χ1n) is 16.7. The zero-order valence-corrected chi connectivity index (χ0v) is 26.4. The molecule has 1 fully saturated rings. The highest BCUT2D eigenvalue weighted by molar-refractivity contribution is 5.81. The van der Waals surface area contributed by atoms with Gasteiger partial charge in [0.25, 0.3) is 0 Å². The topological polar surface area (TPSA) is 17.1 Å². The van der Waals surface area contributed by atoms with Gasteiger partial charge in [0.1, 0.15) is 5.78 Å². The normalized spacial score (nSPS) is 21.6. The van der Waals surface area contributed by atoms with E-state index in [0.717, 1.165) is 31.1 Å². The number of aryl methyl sites for hydroxylation is 2. The second-order valence-electron chi connectivity index (χ2n) is 13.3. The number of hydrogen-bond donors (Lipinski definition) is 0. The van der Waals surface area contributed by atoms with Gasteiger partial charge < -0.3 is 0 Å². The average molecular weight is 541 g/mol. The van der Waals surface area contributed by atoms with Crippen molar-refractivity contribution < 1.29 is 4.79 Å². The third kappa shape index (κ3) is 7.98. The van der Waals surface area contributed by atoms with Crippen molar-refractivity contribution in [3.63, 3.8) is 0 Å². The first kappa shape index (κ1) is 30.8. The Bertz CT molecular complexity index is 1130. The molecule has 1 nitrogen and oxygen atoms in total. The van der Waals surface area contributed by atoms with Crippen LogP contribution in [0, 0.1) is 31.6 Å². The van der Waals surface area contributed by atoms with Crippen LogP contribution < -0.4 is 0 Å². The fourth-order valence-electron chi connectivity index (χ4n) is 8.07. The third-order valence-electron chi connectivity index (χ3n) is 10.3. The van der Waals surface area contributed by atoms with E-state index >= 15 is 0 Å². The van der Waals surface area contributed by atoms with Crippen molar-refractivity contribution in [3.05, 3.63) is 81.4 Å². The minimum absolute atomic E-state index is 0.436. The summed E-state index contributed by atoms with van der Waals surface area (Å²) >= 11 is 0. The zero-order valence-electron chi connectivity index (χ0n) is 26.4. The van der Waals surface area contributed by atoms with Gasteiger partial charge in [0.2, 0.25) is 0 Å². The quantitative estimate of drug-likeness (QED) is 0.274. The van der Waals surface area contributed by atoms with E-state index in [0.29, 0.717) is 24.0 Å². The molecule has 2 aromatic carbocycles. The predicted molar refractivity (Wildman–Crippen MR) is 172 cm³/mol. The predicted octanol–water partition coefficient (Wildman–Crippen LogP) is 10.8. The Morgan fingerprint density at radius 3 is 2.42 bits per heavy atom. The lowest BCUT2D eigenvalue weighted by Gasteiger charge is -2.34. The second-order valence-corrected chi connectivity index (χ2v) is 13.3. The maximum absolute atomic E-state index is 12.9. The highest BCUT2D eigenvalue weighted by atomic mass is 16.1. The van der Waals surface area contributed by atoms with E-state index in [2.05, 4.69) is 77.1 Å². The van der Waals surface area contributed by atoms with Gasteiger partial charge in [0.15, 0.2) is 0 Å². The monoisotopic (exact) mass is 540 g/mol. The first-order valence-corrected chi connectivity index (χ1v) is 16.7. The molecule has 0 saturated heterocycles. The SMILES string of the molecule is CC=CC(CCC)CCCc1ccc(Cc2ccc3c(c2C)C(C2CCCC2)[C@@H](C)CCCCC(=O)C3)c(C)c1. The Kier molecular flexibility index (Phi) is 11.7. The Hall–Kier alpha value is -2.15. The molecule has 0 radical (unpaired) electrons. The molecule has 3 atom stereocenters. The Morgan fingerprint density at radius 1 is 0.950 bits per heavy atom. The molecule has 0 aliphatic heterocycles. The molecule has 0 N–H and O–H groups in total. The van der Waals surface area contributed by atoms with Gasteiger partial charge in [-0.3, -0.25) is 4.79 Å². The van der Waals surface area contributed by atoms with Gasteiger partial charge in [-0.05, 0) is 135 Å². The molecule has 2 aliphatic carbocycles. The van der Waals surface area contributed by atoms with E-state index in [1.165, 1.54) is 104 Å². The minimum atomic E-state index is 0.436. The summed E-state index contributed by atoms with van der Waals surface area (Å²) in [4.78, 5) is 12.9. The van der Waals surface area contributed by atoms with Gasteiger partial charge in [-0.1, -0.05) is 88.4 Å². The number of carbonyl (C=O) groups excluding carboxylic acids is 1. The Morgan fingerprint density at radius 2 is 1.70 bits per heavy atom. The number of hydrogen-bond acceptors (Lipinski definition) is 1. The summed E-state index contributed by atoms with van der Waals surface area (Å²) in [5, 5.41) is 0. The van der Waals surface area contributed by atoms with Crippen LogP contribution in [0.25, 0.3) is 0 Å². The van der Waals surface area contributed by atoms with Gasteiger partial charge in [-0.15, -0.1) is 0 Å². The van der Waals surface area contributed by atoms with E-state index in [-0.39, 0.29) is 0 Å². The number of Topliss-reactive ketones (excluding diaryl/α,β-unsaturated/α-hetero) is 1. The molecular weight excluding hydrogens is 484 g/mol. The lowest BCUT2D eigenvalue weighted by atomic mass is 9.70. The van der Waals surface area contributed by atoms with Crippen LogP contribution in [0.4, 0.5) is 0 Å². The molecule has 1 saturated carbocycles. The summed E-state index contributed by atoms with van der Waals surface area (Å²) in [6, 6.07) is 11.9. The van der Waals surface area contributed by atoms with Crippen molar-refractivity contribution in [1.29, 1.82) is 0 Å². The number of ketones is 1. The van der Waals surface area contributed by atoms with Gasteiger partial charge in [-0.2, -0.15) is 0 Å². The third-order valence-corrected chi connectivity index (χ3v) is 10.3. The summed E-state index contributed by atoms with van der Waals surface area (Å²) < 4.78 is 0. The van der Waals surface area contributed by atoms with Crippen molar-refractivity contribution in [2.75, 3.05) is 0 Å². The number of fused-ring (bicyclic) bond motifs is 1. The van der Waals surface area contributed by atoms with Crippen LogP contribution in [0.3, 0.4) is 0 Å². The maximum Gasteiger partial charge on any atom is 0.137 e. The van der Waals surface area contributed by atoms with Gasteiger partial charge in [0.05, 0.1) is 0 Å². The van der Waals surface area contributed by atoms with Crippen LogP contribution in [0.5, 0.6) is 0 Å². The van der Waals surface area contributed by atoms with Crippen molar-refractivity contribution in [2.45, 2.75) is 137 Å². The molecule has 4 rings (SSSR count). The Balaban J connectivity index is 1.56. The molecule has 2 aromatic rings. The van der Waals surface area contributed by atoms with E-state index in [4.69, 9.17) is 0 Å². The molecule has 218 valence electrons. The molecule has 0 amide bonds. The fraction of sp³-hybridized carbons (Fsp3) is 0.615. The van der Waals surface area contributed by atoms with Crippen molar-refractivity contribution in [2.24, 2.45) is 17.8 Å². The highest BCUT2D eigenvalue weighted by Crippen LogP contribution is 2.46. The molecule has 40 heavy (non-hydrogen) atoms. The molecule has 0 spiro atoms. The van der Waals surface area contributed by atoms with E-state index in [1.54, 1.807) is 5.56 Å². The molecule has 0 bridgehead atoms. The van der Waals surface area contributed by atoms with Crippen LogP contribution in [-0.2, 0) is 24.1 Å². The van der Waals surface area contributed by atoms with Gasteiger partial charge in [-0.25, -0.2) is 0 Å². The molecule has 0 aromatic heterocycles. The molecule has 0 heterocycles. The molecular formula is C39H56O. The molecule has 2 unspecified atom stereocenters. The van der Waals surface area contributed by atoms with Crippen LogP contribution >= 0.6 is 0 Å².